The molecule has 154 valence electrons. The van der Waals surface area contributed by atoms with Crippen molar-refractivity contribution in [3.63, 3.8) is 0 Å². The maximum Gasteiger partial charge on any atom is 0.241 e. The van der Waals surface area contributed by atoms with Crippen molar-refractivity contribution in [2.45, 2.75) is 17.9 Å². The molecule has 29 heavy (non-hydrogen) atoms. The third-order valence-electron chi connectivity index (χ3n) is 4.52. The number of aryl methyl sites for hydroxylation is 2. The van der Waals surface area contributed by atoms with Crippen LogP contribution in [0.15, 0.2) is 53.7 Å². The molecule has 1 atom stereocenters. The Bertz CT molecular complexity index is 1110. The van der Waals surface area contributed by atoms with Gasteiger partial charge in [0.25, 0.3) is 0 Å². The Kier molecular flexibility index (Phi) is 6.16. The number of aromatic nitrogens is 2. The highest BCUT2D eigenvalue weighted by Gasteiger charge is 2.27. The molecule has 1 heterocycles. The smallest absolute Gasteiger partial charge is 0.241 e. The number of methoxy groups -OCH3 is 2. The van der Waals surface area contributed by atoms with E-state index >= 15 is 0 Å². The summed E-state index contributed by atoms with van der Waals surface area (Å²) >= 11 is 5.98. The summed E-state index contributed by atoms with van der Waals surface area (Å²) in [6.45, 7) is 1.70. The van der Waals surface area contributed by atoms with Crippen molar-refractivity contribution in [2.75, 3.05) is 14.2 Å². The fraction of sp³-hybridized carbons (Fsp3) is 0.250. The van der Waals surface area contributed by atoms with Crippen LogP contribution in [0.5, 0.6) is 11.5 Å². The first-order valence-electron chi connectivity index (χ1n) is 8.74. The number of ether oxygens (including phenoxy) is 2. The molecule has 7 nitrogen and oxygen atoms in total. The Labute approximate surface area is 175 Å². The van der Waals surface area contributed by atoms with E-state index < -0.39 is 16.1 Å². The predicted octanol–water partition coefficient (Wildman–Crippen LogP) is 3.47. The average Bonchev–Trinajstić information content (AvgIpc) is 3.11. The van der Waals surface area contributed by atoms with Crippen LogP contribution >= 0.6 is 11.6 Å². The summed E-state index contributed by atoms with van der Waals surface area (Å²) in [6, 6.07) is 9.10. The lowest BCUT2D eigenvalue weighted by atomic mass is 10.1. The molecule has 0 saturated heterocycles. The molecule has 0 aliphatic carbocycles. The maximum atomic E-state index is 13.2. The highest BCUT2D eigenvalue weighted by molar-refractivity contribution is 7.89. The van der Waals surface area contributed by atoms with Crippen LogP contribution in [-0.2, 0) is 17.1 Å². The van der Waals surface area contributed by atoms with E-state index in [-0.39, 0.29) is 4.90 Å². The van der Waals surface area contributed by atoms with Gasteiger partial charge < -0.3 is 14.0 Å². The molecule has 1 unspecified atom stereocenters. The van der Waals surface area contributed by atoms with Crippen LogP contribution in [0.1, 0.15) is 23.0 Å². The average molecular weight is 436 g/mol. The number of hydrogen-bond acceptors (Lipinski definition) is 5. The zero-order chi connectivity index (χ0) is 21.2. The molecular formula is C20H22ClN3O4S. The first kappa shape index (κ1) is 21.2. The van der Waals surface area contributed by atoms with Crippen molar-refractivity contribution in [2.24, 2.45) is 7.05 Å². The van der Waals surface area contributed by atoms with Crippen LogP contribution < -0.4 is 14.2 Å². The number of sulfonamides is 1. The molecule has 0 bridgehead atoms. The van der Waals surface area contributed by atoms with Crippen molar-refractivity contribution in [1.82, 2.24) is 14.3 Å². The molecule has 1 N–H and O–H groups in total. The van der Waals surface area contributed by atoms with Gasteiger partial charge >= 0.3 is 0 Å². The van der Waals surface area contributed by atoms with Gasteiger partial charge in [-0.15, -0.1) is 0 Å². The number of imidazole rings is 1. The van der Waals surface area contributed by atoms with Gasteiger partial charge in [-0.05, 0) is 48.4 Å². The summed E-state index contributed by atoms with van der Waals surface area (Å²) in [6.07, 6.45) is 3.36. The zero-order valence-electron chi connectivity index (χ0n) is 16.5. The standard InChI is InChI=1S/C20H22ClN3O4S/c1-13-9-15(21)5-6-18(13)29(25,26)23-19(20-22-7-8-24(20)2)14-10-16(27-3)12-17(11-14)28-4/h5-12,19,23H,1-4H3. The second-order valence-corrected chi connectivity index (χ2v) is 8.63. The summed E-state index contributed by atoms with van der Waals surface area (Å²) in [5, 5.41) is 0.472. The van der Waals surface area contributed by atoms with Gasteiger partial charge in [0.05, 0.1) is 19.1 Å². The molecule has 0 spiro atoms. The van der Waals surface area contributed by atoms with Crippen molar-refractivity contribution in [3.05, 3.63) is 70.8 Å². The lowest BCUT2D eigenvalue weighted by molar-refractivity contribution is 0.392. The fourth-order valence-corrected chi connectivity index (χ4v) is 4.69. The highest BCUT2D eigenvalue weighted by atomic mass is 35.5. The third-order valence-corrected chi connectivity index (χ3v) is 6.34. The van der Waals surface area contributed by atoms with Crippen LogP contribution in [0.25, 0.3) is 0 Å². The monoisotopic (exact) mass is 435 g/mol. The van der Waals surface area contributed by atoms with Gasteiger partial charge in [-0.25, -0.2) is 13.4 Å². The number of nitrogens with zero attached hydrogens (tertiary/aromatic N) is 2. The van der Waals surface area contributed by atoms with Crippen molar-refractivity contribution in [1.29, 1.82) is 0 Å². The molecule has 0 aliphatic heterocycles. The van der Waals surface area contributed by atoms with Crippen LogP contribution in [0.3, 0.4) is 0 Å². The summed E-state index contributed by atoms with van der Waals surface area (Å²) < 4.78 is 41.6. The Hall–Kier alpha value is -2.55. The quantitative estimate of drug-likeness (QED) is 0.614. The Morgan fingerprint density at radius 2 is 1.76 bits per heavy atom. The molecule has 2 aromatic carbocycles. The van der Waals surface area contributed by atoms with Crippen LogP contribution in [-0.4, -0.2) is 32.2 Å². The molecular weight excluding hydrogens is 414 g/mol. The Morgan fingerprint density at radius 1 is 1.10 bits per heavy atom. The van der Waals surface area contributed by atoms with Crippen LogP contribution in [0.4, 0.5) is 0 Å². The van der Waals surface area contributed by atoms with E-state index in [1.165, 1.54) is 20.3 Å². The van der Waals surface area contributed by atoms with Crippen molar-refractivity contribution in [3.8, 4) is 11.5 Å². The minimum atomic E-state index is -3.88. The highest BCUT2D eigenvalue weighted by Crippen LogP contribution is 2.31. The van der Waals surface area contributed by atoms with E-state index in [4.69, 9.17) is 21.1 Å². The topological polar surface area (TPSA) is 82.4 Å². The zero-order valence-corrected chi connectivity index (χ0v) is 18.1. The summed E-state index contributed by atoms with van der Waals surface area (Å²) in [4.78, 5) is 4.50. The van der Waals surface area contributed by atoms with E-state index in [0.717, 1.165) is 0 Å². The number of hydrogen-bond donors (Lipinski definition) is 1. The number of nitrogens with one attached hydrogen (secondary N) is 1. The predicted molar refractivity (Wildman–Crippen MR) is 111 cm³/mol. The van der Waals surface area contributed by atoms with E-state index in [2.05, 4.69) is 9.71 Å². The van der Waals surface area contributed by atoms with Crippen molar-refractivity contribution >= 4 is 21.6 Å². The number of benzene rings is 2. The van der Waals surface area contributed by atoms with Crippen LogP contribution in [0.2, 0.25) is 5.02 Å². The first-order valence-corrected chi connectivity index (χ1v) is 10.6. The van der Waals surface area contributed by atoms with Crippen LogP contribution in [0, 0.1) is 6.92 Å². The molecule has 0 aliphatic rings. The Balaban J connectivity index is 2.12. The minimum Gasteiger partial charge on any atom is -0.497 e. The number of halogens is 1. The van der Waals surface area contributed by atoms with Gasteiger partial charge in [0, 0.05) is 30.5 Å². The molecule has 3 rings (SSSR count). The van der Waals surface area contributed by atoms with Gasteiger partial charge in [-0.1, -0.05) is 11.6 Å². The van der Waals surface area contributed by atoms with E-state index in [9.17, 15) is 8.42 Å². The van der Waals surface area contributed by atoms with E-state index in [1.807, 2.05) is 0 Å². The number of rotatable bonds is 7. The van der Waals surface area contributed by atoms with Gasteiger partial charge in [0.1, 0.15) is 23.4 Å². The third kappa shape index (κ3) is 4.55. The molecule has 3 aromatic rings. The second kappa shape index (κ2) is 8.44. The van der Waals surface area contributed by atoms with Gasteiger partial charge in [-0.3, -0.25) is 0 Å². The largest absolute Gasteiger partial charge is 0.497 e. The molecule has 0 saturated carbocycles. The van der Waals surface area contributed by atoms with Gasteiger partial charge in [-0.2, -0.15) is 4.72 Å². The summed E-state index contributed by atoms with van der Waals surface area (Å²) in [5.74, 6) is 1.61. The maximum absolute atomic E-state index is 13.2. The Morgan fingerprint density at radius 3 is 2.28 bits per heavy atom. The SMILES string of the molecule is COc1cc(OC)cc(C(NS(=O)(=O)c2ccc(Cl)cc2C)c2nccn2C)c1. The molecule has 9 heteroatoms. The van der Waals surface area contributed by atoms with Gasteiger partial charge in [0.2, 0.25) is 10.0 Å². The second-order valence-electron chi connectivity index (χ2n) is 6.51. The minimum absolute atomic E-state index is 0.149. The lowest BCUT2D eigenvalue weighted by Crippen LogP contribution is -2.31. The normalized spacial score (nSPS) is 12.6. The molecule has 0 amide bonds. The first-order chi connectivity index (χ1) is 13.7. The van der Waals surface area contributed by atoms with Crippen molar-refractivity contribution < 1.29 is 17.9 Å². The van der Waals surface area contributed by atoms with E-state index in [0.29, 0.717) is 33.5 Å². The summed E-state index contributed by atoms with van der Waals surface area (Å²) in [5.41, 5.74) is 1.18. The molecule has 0 radical (unpaired) electrons. The molecule has 1 aromatic heterocycles. The lowest BCUT2D eigenvalue weighted by Gasteiger charge is -2.21. The molecule has 0 fully saturated rings. The fourth-order valence-electron chi connectivity index (χ4n) is 3.05. The van der Waals surface area contributed by atoms with E-state index in [1.54, 1.807) is 61.3 Å². The van der Waals surface area contributed by atoms with Gasteiger partial charge in [0.15, 0.2) is 0 Å². The summed E-state index contributed by atoms with van der Waals surface area (Å²) in [7, 11) is 0.994.